The predicted octanol–water partition coefficient (Wildman–Crippen LogP) is 4.02. The van der Waals surface area contributed by atoms with Crippen molar-refractivity contribution in [1.82, 2.24) is 0 Å². The average molecular weight is 310 g/mol. The molecule has 0 aliphatic rings. The molecular formula is C20H22O3. The standard InChI is InChI=1S/C20H22O3/c1-2-17-9-11-19(12-10-17)16-22-13-6-14-23-20(21)15-18-7-4-3-5-8-18/h2-5,7-12H,1,6,13-16H2. The van der Waals surface area contributed by atoms with Crippen LogP contribution in [-0.2, 0) is 27.3 Å². The number of carbonyl (C=O) groups is 1. The van der Waals surface area contributed by atoms with Gasteiger partial charge in [-0.3, -0.25) is 4.79 Å². The van der Waals surface area contributed by atoms with Gasteiger partial charge in [-0.1, -0.05) is 67.3 Å². The summed E-state index contributed by atoms with van der Waals surface area (Å²) in [4.78, 5) is 11.7. The largest absolute Gasteiger partial charge is 0.465 e. The summed E-state index contributed by atoms with van der Waals surface area (Å²) < 4.78 is 10.8. The second kappa shape index (κ2) is 9.59. The minimum Gasteiger partial charge on any atom is -0.465 e. The Hall–Kier alpha value is -2.39. The Morgan fingerprint density at radius 3 is 2.39 bits per heavy atom. The Morgan fingerprint density at radius 2 is 1.70 bits per heavy atom. The van der Waals surface area contributed by atoms with Gasteiger partial charge in [0.05, 0.1) is 26.2 Å². The highest BCUT2D eigenvalue weighted by Gasteiger charge is 2.03. The van der Waals surface area contributed by atoms with E-state index in [0.717, 1.165) is 16.7 Å². The molecule has 2 aromatic rings. The molecule has 0 atom stereocenters. The van der Waals surface area contributed by atoms with Crippen LogP contribution < -0.4 is 0 Å². The summed E-state index contributed by atoms with van der Waals surface area (Å²) in [6, 6.07) is 17.7. The Balaban J connectivity index is 1.55. The monoisotopic (exact) mass is 310 g/mol. The van der Waals surface area contributed by atoms with Crippen LogP contribution in [0.2, 0.25) is 0 Å². The maximum absolute atomic E-state index is 11.7. The Labute approximate surface area is 137 Å². The molecule has 0 saturated carbocycles. The molecule has 3 heteroatoms. The molecule has 0 bridgehead atoms. The normalized spacial score (nSPS) is 10.3. The number of hydrogen-bond acceptors (Lipinski definition) is 3. The first-order chi connectivity index (χ1) is 11.3. The molecule has 120 valence electrons. The van der Waals surface area contributed by atoms with Gasteiger partial charge in [-0.25, -0.2) is 0 Å². The summed E-state index contributed by atoms with van der Waals surface area (Å²) in [5.74, 6) is -0.198. The first-order valence-electron chi connectivity index (χ1n) is 7.76. The van der Waals surface area contributed by atoms with E-state index in [9.17, 15) is 4.79 Å². The molecule has 2 rings (SSSR count). The summed E-state index contributed by atoms with van der Waals surface area (Å²) in [5, 5.41) is 0. The highest BCUT2D eigenvalue weighted by Crippen LogP contribution is 2.07. The third-order valence-electron chi connectivity index (χ3n) is 3.37. The molecule has 0 aliphatic heterocycles. The van der Waals surface area contributed by atoms with Crippen molar-refractivity contribution in [3.63, 3.8) is 0 Å². The lowest BCUT2D eigenvalue weighted by Crippen LogP contribution is -2.10. The van der Waals surface area contributed by atoms with E-state index in [1.54, 1.807) is 0 Å². The number of carbonyl (C=O) groups excluding carboxylic acids is 1. The van der Waals surface area contributed by atoms with Crippen molar-refractivity contribution < 1.29 is 14.3 Å². The molecule has 0 aliphatic carbocycles. The molecule has 3 nitrogen and oxygen atoms in total. The fourth-order valence-electron chi connectivity index (χ4n) is 2.10. The van der Waals surface area contributed by atoms with Gasteiger partial charge in [0, 0.05) is 6.42 Å². The van der Waals surface area contributed by atoms with Gasteiger partial charge in [0.15, 0.2) is 0 Å². The van der Waals surface area contributed by atoms with E-state index in [-0.39, 0.29) is 5.97 Å². The van der Waals surface area contributed by atoms with Gasteiger partial charge in [0.1, 0.15) is 0 Å². The molecule has 0 spiro atoms. The molecular weight excluding hydrogens is 288 g/mol. The van der Waals surface area contributed by atoms with Crippen LogP contribution in [0.5, 0.6) is 0 Å². The maximum atomic E-state index is 11.7. The first kappa shape index (κ1) is 17.0. The summed E-state index contributed by atoms with van der Waals surface area (Å²) in [5.41, 5.74) is 3.19. The molecule has 0 amide bonds. The van der Waals surface area contributed by atoms with Crippen molar-refractivity contribution in [2.45, 2.75) is 19.4 Å². The Bertz CT molecular complexity index is 603. The van der Waals surface area contributed by atoms with Crippen molar-refractivity contribution >= 4 is 12.0 Å². The van der Waals surface area contributed by atoms with Gasteiger partial charge in [-0.2, -0.15) is 0 Å². The van der Waals surface area contributed by atoms with Crippen molar-refractivity contribution in [3.05, 3.63) is 77.9 Å². The maximum Gasteiger partial charge on any atom is 0.310 e. The average Bonchev–Trinajstić information content (AvgIpc) is 2.59. The second-order valence-corrected chi connectivity index (χ2v) is 5.23. The van der Waals surface area contributed by atoms with Crippen LogP contribution in [0, 0.1) is 0 Å². The van der Waals surface area contributed by atoms with E-state index in [0.29, 0.717) is 32.7 Å². The van der Waals surface area contributed by atoms with Crippen LogP contribution in [-0.4, -0.2) is 19.2 Å². The van der Waals surface area contributed by atoms with Gasteiger partial charge >= 0.3 is 5.97 Å². The van der Waals surface area contributed by atoms with Crippen LogP contribution in [0.15, 0.2) is 61.2 Å². The van der Waals surface area contributed by atoms with E-state index in [1.807, 2.05) is 60.7 Å². The highest BCUT2D eigenvalue weighted by atomic mass is 16.5. The zero-order valence-electron chi connectivity index (χ0n) is 13.2. The smallest absolute Gasteiger partial charge is 0.310 e. The lowest BCUT2D eigenvalue weighted by molar-refractivity contribution is -0.143. The van der Waals surface area contributed by atoms with E-state index in [1.165, 1.54) is 0 Å². The SMILES string of the molecule is C=Cc1ccc(COCCCOC(=O)Cc2ccccc2)cc1. The molecule has 0 unspecified atom stereocenters. The topological polar surface area (TPSA) is 35.5 Å². The van der Waals surface area contributed by atoms with Gasteiger partial charge in [-0.05, 0) is 16.7 Å². The molecule has 0 radical (unpaired) electrons. The minimum absolute atomic E-state index is 0.198. The zero-order chi connectivity index (χ0) is 16.3. The van der Waals surface area contributed by atoms with Gasteiger partial charge < -0.3 is 9.47 Å². The van der Waals surface area contributed by atoms with Crippen LogP contribution in [0.25, 0.3) is 6.08 Å². The van der Waals surface area contributed by atoms with Crippen molar-refractivity contribution in [2.24, 2.45) is 0 Å². The summed E-state index contributed by atoms with van der Waals surface area (Å²) in [6.45, 7) is 5.25. The van der Waals surface area contributed by atoms with Crippen molar-refractivity contribution in [1.29, 1.82) is 0 Å². The number of rotatable bonds is 9. The molecule has 0 fully saturated rings. The zero-order valence-corrected chi connectivity index (χ0v) is 13.2. The van der Waals surface area contributed by atoms with E-state index in [4.69, 9.17) is 9.47 Å². The summed E-state index contributed by atoms with van der Waals surface area (Å²) >= 11 is 0. The molecule has 2 aromatic carbocycles. The van der Waals surface area contributed by atoms with Crippen LogP contribution in [0.3, 0.4) is 0 Å². The predicted molar refractivity (Wildman–Crippen MR) is 91.9 cm³/mol. The quantitative estimate of drug-likeness (QED) is 0.518. The Morgan fingerprint density at radius 1 is 0.957 bits per heavy atom. The highest BCUT2D eigenvalue weighted by molar-refractivity contribution is 5.72. The number of benzene rings is 2. The lowest BCUT2D eigenvalue weighted by Gasteiger charge is -2.06. The lowest BCUT2D eigenvalue weighted by atomic mass is 10.1. The first-order valence-corrected chi connectivity index (χ1v) is 7.76. The summed E-state index contributed by atoms with van der Waals surface area (Å²) in [6.07, 6.45) is 2.83. The van der Waals surface area contributed by atoms with Crippen LogP contribution >= 0.6 is 0 Å². The fraction of sp³-hybridized carbons (Fsp3) is 0.250. The Kier molecular flexibility index (Phi) is 7.08. The third-order valence-corrected chi connectivity index (χ3v) is 3.37. The number of esters is 1. The van der Waals surface area contributed by atoms with Gasteiger partial charge in [0.2, 0.25) is 0 Å². The molecule has 23 heavy (non-hydrogen) atoms. The fourth-order valence-corrected chi connectivity index (χ4v) is 2.10. The van der Waals surface area contributed by atoms with Crippen molar-refractivity contribution in [2.75, 3.05) is 13.2 Å². The molecule has 0 N–H and O–H groups in total. The van der Waals surface area contributed by atoms with E-state index >= 15 is 0 Å². The minimum atomic E-state index is -0.198. The molecule has 0 saturated heterocycles. The third kappa shape index (κ3) is 6.49. The summed E-state index contributed by atoms with van der Waals surface area (Å²) in [7, 11) is 0. The van der Waals surface area contributed by atoms with Crippen LogP contribution in [0.1, 0.15) is 23.1 Å². The van der Waals surface area contributed by atoms with Gasteiger partial charge in [-0.15, -0.1) is 0 Å². The van der Waals surface area contributed by atoms with Crippen molar-refractivity contribution in [3.8, 4) is 0 Å². The van der Waals surface area contributed by atoms with E-state index < -0.39 is 0 Å². The van der Waals surface area contributed by atoms with E-state index in [2.05, 4.69) is 6.58 Å². The van der Waals surface area contributed by atoms with Crippen LogP contribution in [0.4, 0.5) is 0 Å². The van der Waals surface area contributed by atoms with Gasteiger partial charge in [0.25, 0.3) is 0 Å². The second-order valence-electron chi connectivity index (χ2n) is 5.23. The molecule has 0 aromatic heterocycles. The molecule has 0 heterocycles. The number of hydrogen-bond donors (Lipinski definition) is 0. The number of ether oxygens (including phenoxy) is 2.